The smallest absolute Gasteiger partial charge is 0.111 e. The molecule has 0 radical (unpaired) electrons. The van der Waals surface area contributed by atoms with E-state index in [0.29, 0.717) is 0 Å². The van der Waals surface area contributed by atoms with Crippen molar-refractivity contribution in [1.82, 2.24) is 24.6 Å². The lowest BCUT2D eigenvalue weighted by Gasteiger charge is -1.99. The normalized spacial score (nSPS) is 11.4. The largest absolute Gasteiger partial charge is 0.340 e. The quantitative estimate of drug-likeness (QED) is 0.604. The third-order valence-corrected chi connectivity index (χ3v) is 3.35. The molecular weight excluding hydrogens is 250 g/mol. The van der Waals surface area contributed by atoms with E-state index < -0.39 is 0 Å². The maximum absolute atomic E-state index is 4.58. The molecule has 4 aromatic rings. The van der Waals surface area contributed by atoms with Gasteiger partial charge in [-0.2, -0.15) is 5.10 Å². The van der Waals surface area contributed by atoms with Crippen LogP contribution in [0, 0.1) is 6.92 Å². The van der Waals surface area contributed by atoms with Crippen molar-refractivity contribution in [3.05, 3.63) is 59.9 Å². The van der Waals surface area contributed by atoms with Crippen molar-refractivity contribution in [2.24, 2.45) is 0 Å². The average molecular weight is 263 g/mol. The van der Waals surface area contributed by atoms with Crippen LogP contribution in [0.15, 0.2) is 42.9 Å². The molecule has 20 heavy (non-hydrogen) atoms. The number of aromatic nitrogens is 5. The van der Waals surface area contributed by atoms with Gasteiger partial charge in [-0.1, -0.05) is 0 Å². The van der Waals surface area contributed by atoms with Crippen molar-refractivity contribution in [3.8, 4) is 0 Å². The van der Waals surface area contributed by atoms with Gasteiger partial charge < -0.3 is 4.98 Å². The molecule has 0 unspecified atom stereocenters. The standard InChI is InChI=1S/C15H13N5/c1-10-6-12-7-11(3-5-20(12)19-10)8-15-17-13-2-4-16-9-14(13)18-15/h2-7,9H,8H2,1H3,(H,17,18). The van der Waals surface area contributed by atoms with Crippen molar-refractivity contribution in [2.45, 2.75) is 13.3 Å². The van der Waals surface area contributed by atoms with Gasteiger partial charge in [0.15, 0.2) is 0 Å². The summed E-state index contributed by atoms with van der Waals surface area (Å²) in [6.07, 6.45) is 6.32. The predicted molar refractivity (Wildman–Crippen MR) is 76.6 cm³/mol. The Hall–Kier alpha value is -2.69. The van der Waals surface area contributed by atoms with Gasteiger partial charge in [0, 0.05) is 18.8 Å². The number of nitrogens with one attached hydrogen (secondary N) is 1. The molecule has 0 aliphatic heterocycles. The van der Waals surface area contributed by atoms with E-state index in [9.17, 15) is 0 Å². The van der Waals surface area contributed by atoms with Crippen molar-refractivity contribution < 1.29 is 0 Å². The second-order valence-electron chi connectivity index (χ2n) is 4.94. The Morgan fingerprint density at radius 1 is 1.25 bits per heavy atom. The first-order chi connectivity index (χ1) is 9.78. The molecule has 4 heterocycles. The van der Waals surface area contributed by atoms with E-state index in [1.54, 1.807) is 12.4 Å². The molecule has 98 valence electrons. The van der Waals surface area contributed by atoms with Crippen LogP contribution in [-0.2, 0) is 6.42 Å². The molecule has 0 fully saturated rings. The molecule has 0 bridgehead atoms. The van der Waals surface area contributed by atoms with Gasteiger partial charge >= 0.3 is 0 Å². The second-order valence-corrected chi connectivity index (χ2v) is 4.94. The highest BCUT2D eigenvalue weighted by Gasteiger charge is 2.05. The second kappa shape index (κ2) is 4.16. The first-order valence-electron chi connectivity index (χ1n) is 6.51. The molecule has 4 rings (SSSR count). The van der Waals surface area contributed by atoms with Crippen LogP contribution < -0.4 is 0 Å². The molecule has 4 aromatic heterocycles. The molecule has 0 atom stereocenters. The van der Waals surface area contributed by atoms with Gasteiger partial charge in [-0.3, -0.25) is 4.98 Å². The summed E-state index contributed by atoms with van der Waals surface area (Å²) in [4.78, 5) is 12.0. The number of imidazole rings is 1. The molecule has 0 amide bonds. The molecule has 1 N–H and O–H groups in total. The summed E-state index contributed by atoms with van der Waals surface area (Å²) in [5.74, 6) is 0.952. The first-order valence-corrected chi connectivity index (χ1v) is 6.51. The van der Waals surface area contributed by atoms with E-state index in [1.807, 2.05) is 23.7 Å². The molecule has 0 aliphatic carbocycles. The maximum Gasteiger partial charge on any atom is 0.111 e. The van der Waals surface area contributed by atoms with Gasteiger partial charge in [0.25, 0.3) is 0 Å². The summed E-state index contributed by atoms with van der Waals surface area (Å²) in [7, 11) is 0. The summed E-state index contributed by atoms with van der Waals surface area (Å²) < 4.78 is 1.89. The average Bonchev–Trinajstić information content (AvgIpc) is 2.99. The van der Waals surface area contributed by atoms with Crippen LogP contribution in [-0.4, -0.2) is 24.6 Å². The molecule has 5 nitrogen and oxygen atoms in total. The Balaban J connectivity index is 1.72. The summed E-state index contributed by atoms with van der Waals surface area (Å²) in [5.41, 5.74) is 5.28. The summed E-state index contributed by atoms with van der Waals surface area (Å²) in [5, 5.41) is 4.38. The molecule has 0 aromatic carbocycles. The monoisotopic (exact) mass is 263 g/mol. The van der Waals surface area contributed by atoms with Crippen molar-refractivity contribution in [2.75, 3.05) is 0 Å². The van der Waals surface area contributed by atoms with Crippen LogP contribution >= 0.6 is 0 Å². The minimum Gasteiger partial charge on any atom is -0.340 e. The highest BCUT2D eigenvalue weighted by molar-refractivity contribution is 5.73. The van der Waals surface area contributed by atoms with Crippen LogP contribution in [0.2, 0.25) is 0 Å². The minimum absolute atomic E-state index is 0.773. The van der Waals surface area contributed by atoms with Crippen molar-refractivity contribution >= 4 is 16.6 Å². The van der Waals surface area contributed by atoms with Crippen molar-refractivity contribution in [3.63, 3.8) is 0 Å². The van der Waals surface area contributed by atoms with Gasteiger partial charge in [0.05, 0.1) is 28.4 Å². The van der Waals surface area contributed by atoms with E-state index in [-0.39, 0.29) is 0 Å². The SMILES string of the molecule is Cc1cc2cc(Cc3nc4ccncc4[nH]3)ccn2n1. The van der Waals surface area contributed by atoms with E-state index in [1.165, 1.54) is 5.56 Å². The number of fused-ring (bicyclic) bond motifs is 2. The van der Waals surface area contributed by atoms with Gasteiger partial charge in [0.1, 0.15) is 5.82 Å². The number of pyridine rings is 2. The summed E-state index contributed by atoms with van der Waals surface area (Å²) in [6, 6.07) is 8.21. The third kappa shape index (κ3) is 1.84. The number of hydrogen-bond donors (Lipinski definition) is 1. The van der Waals surface area contributed by atoms with Gasteiger partial charge in [-0.05, 0) is 36.8 Å². The molecule has 0 spiro atoms. The lowest BCUT2D eigenvalue weighted by Crippen LogP contribution is -1.93. The highest BCUT2D eigenvalue weighted by Crippen LogP contribution is 2.14. The lowest BCUT2D eigenvalue weighted by molar-refractivity contribution is 0.925. The molecule has 0 saturated carbocycles. The zero-order valence-corrected chi connectivity index (χ0v) is 11.0. The van der Waals surface area contributed by atoms with Crippen LogP contribution in [0.1, 0.15) is 17.1 Å². The van der Waals surface area contributed by atoms with E-state index >= 15 is 0 Å². The van der Waals surface area contributed by atoms with Crippen molar-refractivity contribution in [1.29, 1.82) is 0 Å². The summed E-state index contributed by atoms with van der Waals surface area (Å²) >= 11 is 0. The fourth-order valence-corrected chi connectivity index (χ4v) is 2.47. The lowest BCUT2D eigenvalue weighted by atomic mass is 10.2. The Morgan fingerprint density at radius 3 is 3.10 bits per heavy atom. The number of hydrogen-bond acceptors (Lipinski definition) is 3. The maximum atomic E-state index is 4.58. The van der Waals surface area contributed by atoms with Gasteiger partial charge in [-0.25, -0.2) is 9.50 Å². The topological polar surface area (TPSA) is 58.9 Å². The number of H-pyrrole nitrogens is 1. The zero-order chi connectivity index (χ0) is 13.5. The van der Waals surface area contributed by atoms with Crippen LogP contribution in [0.5, 0.6) is 0 Å². The number of nitrogens with zero attached hydrogens (tertiary/aromatic N) is 4. The van der Waals surface area contributed by atoms with Gasteiger partial charge in [0.2, 0.25) is 0 Å². The molecule has 5 heteroatoms. The number of aryl methyl sites for hydroxylation is 1. The fraction of sp³-hybridized carbons (Fsp3) is 0.133. The van der Waals surface area contributed by atoms with E-state index in [4.69, 9.17) is 0 Å². The minimum atomic E-state index is 0.773. The van der Waals surface area contributed by atoms with Gasteiger partial charge in [-0.15, -0.1) is 0 Å². The fourth-order valence-electron chi connectivity index (χ4n) is 2.47. The molecule has 0 aliphatic rings. The van der Waals surface area contributed by atoms with Crippen LogP contribution in [0.25, 0.3) is 16.6 Å². The molecular formula is C15H13N5. The molecule has 0 saturated heterocycles. The Morgan fingerprint density at radius 2 is 2.20 bits per heavy atom. The zero-order valence-electron chi connectivity index (χ0n) is 11.0. The Bertz CT molecular complexity index is 870. The number of rotatable bonds is 2. The predicted octanol–water partition coefficient (Wildman–Crippen LogP) is 2.50. The van der Waals surface area contributed by atoms with Crippen LogP contribution in [0.3, 0.4) is 0 Å². The van der Waals surface area contributed by atoms with E-state index in [2.05, 4.69) is 38.2 Å². The Labute approximate surface area is 115 Å². The first kappa shape index (κ1) is 11.2. The van der Waals surface area contributed by atoms with E-state index in [0.717, 1.165) is 34.5 Å². The Kier molecular flexibility index (Phi) is 2.32. The third-order valence-electron chi connectivity index (χ3n) is 3.35. The highest BCUT2D eigenvalue weighted by atomic mass is 15.2. The number of aromatic amines is 1. The van der Waals surface area contributed by atoms with Crippen LogP contribution in [0.4, 0.5) is 0 Å². The summed E-state index contributed by atoms with van der Waals surface area (Å²) in [6.45, 7) is 2.00.